The van der Waals surface area contributed by atoms with Gasteiger partial charge in [-0.2, -0.15) is 9.61 Å². The van der Waals surface area contributed by atoms with E-state index < -0.39 is 18.8 Å². The fraction of sp³-hybridized carbons (Fsp3) is 0.190. The van der Waals surface area contributed by atoms with Crippen molar-refractivity contribution in [3.8, 4) is 17.3 Å². The quantitative estimate of drug-likeness (QED) is 0.414. The van der Waals surface area contributed by atoms with Gasteiger partial charge in [-0.3, -0.25) is 4.79 Å². The fourth-order valence-corrected chi connectivity index (χ4v) is 3.27. The molecule has 2 unspecified atom stereocenters. The highest BCUT2D eigenvalue weighted by atomic mass is 16.5. The second-order valence-corrected chi connectivity index (χ2v) is 6.78. The first kappa shape index (κ1) is 17.3. The Morgan fingerprint density at radius 2 is 2.06 bits per heavy atom. The number of benzene rings is 1. The molecule has 32 heavy (non-hydrogen) atoms. The summed E-state index contributed by atoms with van der Waals surface area (Å²) in [5.74, 6) is 0.718. The van der Waals surface area contributed by atoms with Gasteiger partial charge in [0.1, 0.15) is 17.0 Å². The minimum atomic E-state index is -1.07. The number of fused-ring (bicyclic) bond motifs is 3. The Bertz CT molecular complexity index is 1490. The summed E-state index contributed by atoms with van der Waals surface area (Å²) in [6, 6.07) is 10.2. The van der Waals surface area contributed by atoms with E-state index in [1.807, 2.05) is 0 Å². The van der Waals surface area contributed by atoms with E-state index in [1.54, 1.807) is 50.4 Å². The van der Waals surface area contributed by atoms with E-state index in [1.165, 1.54) is 15.5 Å². The molecule has 0 aliphatic carbocycles. The molecule has 5 rings (SSSR count). The lowest BCUT2D eigenvalue weighted by Gasteiger charge is -2.07. The van der Waals surface area contributed by atoms with Gasteiger partial charge in [-0.25, -0.2) is 14.6 Å². The molecule has 162 valence electrons. The number of nitrogens with zero attached hydrogens (tertiary/aromatic N) is 6. The van der Waals surface area contributed by atoms with Crippen LogP contribution in [0.25, 0.3) is 28.3 Å². The van der Waals surface area contributed by atoms with Gasteiger partial charge < -0.3 is 20.2 Å². The Morgan fingerprint density at radius 3 is 2.75 bits per heavy atom. The molecule has 0 aliphatic heterocycles. The highest BCUT2D eigenvalue weighted by molar-refractivity contribution is 6.06. The van der Waals surface area contributed by atoms with E-state index in [-0.39, 0.29) is 28.8 Å². The predicted molar refractivity (Wildman–Crippen MR) is 117 cm³/mol. The Morgan fingerprint density at radius 1 is 1.25 bits per heavy atom. The highest BCUT2D eigenvalue weighted by Gasteiger charge is 2.24. The summed E-state index contributed by atoms with van der Waals surface area (Å²) in [5.41, 5.74) is 7.15. The SMILES string of the molecule is [3H]C(C)C([3H])n1nc2nc(C(=O)Nc3ccc(OC)cc3)n3nc(-c4ccco4)nc3c2c1N. The Hall–Kier alpha value is -4.41. The Balaban J connectivity index is 1.68. The van der Waals surface area contributed by atoms with Gasteiger partial charge in [0.15, 0.2) is 17.1 Å². The largest absolute Gasteiger partial charge is 0.497 e. The summed E-state index contributed by atoms with van der Waals surface area (Å²) in [4.78, 5) is 22.1. The van der Waals surface area contributed by atoms with Crippen molar-refractivity contribution >= 4 is 34.1 Å². The molecule has 0 radical (unpaired) electrons. The summed E-state index contributed by atoms with van der Waals surface area (Å²) >= 11 is 0. The van der Waals surface area contributed by atoms with E-state index in [4.69, 9.17) is 17.6 Å². The molecule has 3 N–H and O–H groups in total. The number of nitrogen functional groups attached to an aromatic ring is 1. The Kier molecular flexibility index (Phi) is 4.15. The van der Waals surface area contributed by atoms with Crippen molar-refractivity contribution in [2.24, 2.45) is 0 Å². The van der Waals surface area contributed by atoms with Gasteiger partial charge in [0.2, 0.25) is 11.6 Å². The molecule has 0 aliphatic rings. The third-order valence-corrected chi connectivity index (χ3v) is 4.76. The number of aryl methyl sites for hydroxylation is 1. The maximum atomic E-state index is 13.2. The Labute approximate surface area is 184 Å². The van der Waals surface area contributed by atoms with Crippen LogP contribution < -0.4 is 15.8 Å². The van der Waals surface area contributed by atoms with Gasteiger partial charge >= 0.3 is 0 Å². The van der Waals surface area contributed by atoms with Crippen molar-refractivity contribution in [3.63, 3.8) is 0 Å². The first-order chi connectivity index (χ1) is 16.4. The average Bonchev–Trinajstić information content (AvgIpc) is 3.57. The minimum absolute atomic E-state index is 0.0891. The highest BCUT2D eigenvalue weighted by Crippen LogP contribution is 2.27. The van der Waals surface area contributed by atoms with Crippen LogP contribution in [0.15, 0.2) is 47.1 Å². The van der Waals surface area contributed by atoms with Crippen molar-refractivity contribution in [1.29, 1.82) is 0 Å². The normalized spacial score (nSPS) is 14.2. The summed E-state index contributed by atoms with van der Waals surface area (Å²) in [5, 5.41) is 11.8. The van der Waals surface area contributed by atoms with Crippen LogP contribution in [0, 0.1) is 0 Å². The minimum Gasteiger partial charge on any atom is -0.497 e. The zero-order valence-corrected chi connectivity index (χ0v) is 17.2. The molecule has 11 heteroatoms. The van der Waals surface area contributed by atoms with Crippen LogP contribution in [0.5, 0.6) is 5.75 Å². The number of nitrogens with one attached hydrogen (secondary N) is 1. The number of aromatic nitrogens is 6. The van der Waals surface area contributed by atoms with Crippen LogP contribution in [0.4, 0.5) is 11.5 Å². The maximum absolute atomic E-state index is 13.2. The third-order valence-electron chi connectivity index (χ3n) is 4.76. The molecular formula is C21H20N8O3. The van der Waals surface area contributed by atoms with Crippen LogP contribution in [0.3, 0.4) is 0 Å². The second-order valence-electron chi connectivity index (χ2n) is 6.78. The number of carbonyl (C=O) groups excluding carboxylic acids is 1. The number of methoxy groups -OCH3 is 1. The lowest BCUT2D eigenvalue weighted by Crippen LogP contribution is -2.19. The van der Waals surface area contributed by atoms with Crippen LogP contribution >= 0.6 is 0 Å². The summed E-state index contributed by atoms with van der Waals surface area (Å²) in [6.07, 6.45) is 0.681. The van der Waals surface area contributed by atoms with Crippen molar-refractivity contribution in [1.82, 2.24) is 29.4 Å². The number of carbonyl (C=O) groups is 1. The number of hydrogen-bond acceptors (Lipinski definition) is 8. The van der Waals surface area contributed by atoms with Crippen LogP contribution in [0.1, 0.15) is 26.7 Å². The van der Waals surface area contributed by atoms with Gasteiger partial charge in [0.05, 0.1) is 14.7 Å². The second kappa shape index (κ2) is 7.69. The van der Waals surface area contributed by atoms with Crippen molar-refractivity contribution in [3.05, 3.63) is 48.5 Å². The van der Waals surface area contributed by atoms with Gasteiger partial charge in [0.25, 0.3) is 5.91 Å². The van der Waals surface area contributed by atoms with Crippen molar-refractivity contribution in [2.75, 3.05) is 18.2 Å². The fourth-order valence-electron chi connectivity index (χ4n) is 3.27. The molecule has 1 aromatic carbocycles. The molecule has 1 amide bonds. The van der Waals surface area contributed by atoms with E-state index in [0.717, 1.165) is 0 Å². The number of rotatable bonds is 6. The molecule has 4 aromatic heterocycles. The molecule has 0 fully saturated rings. The standard InChI is InChI=1S/C21H20N8O3/c1-3-10-28-16(22)15-18(26-28)25-20(21(30)23-12-6-8-13(31-2)9-7-12)29-19(15)24-17(27-29)14-5-4-11-32-14/h4-9,11H,3,10,22H2,1-2H3,(H,23,30)/i3T,10T. The van der Waals surface area contributed by atoms with E-state index in [9.17, 15) is 4.79 Å². The monoisotopic (exact) mass is 436 g/mol. The van der Waals surface area contributed by atoms with Gasteiger partial charge in [-0.15, -0.1) is 5.10 Å². The average molecular weight is 436 g/mol. The molecule has 0 saturated heterocycles. The number of anilines is 2. The summed E-state index contributed by atoms with van der Waals surface area (Å²) < 4.78 is 29.1. The summed E-state index contributed by atoms with van der Waals surface area (Å²) in [7, 11) is 1.55. The third kappa shape index (κ3) is 3.20. The van der Waals surface area contributed by atoms with Gasteiger partial charge in [-0.05, 0) is 42.8 Å². The lowest BCUT2D eigenvalue weighted by molar-refractivity contribution is 0.101. The van der Waals surface area contributed by atoms with Crippen LogP contribution in [-0.2, 0) is 6.52 Å². The molecule has 2 atom stereocenters. The molecule has 0 bridgehead atoms. The molecule has 0 spiro atoms. The van der Waals surface area contributed by atoms with E-state index >= 15 is 0 Å². The molecular weight excluding hydrogens is 412 g/mol. The molecule has 5 aromatic rings. The topological polar surface area (TPSA) is 138 Å². The first-order valence-corrected chi connectivity index (χ1v) is 9.65. The zero-order chi connectivity index (χ0) is 24.0. The number of furan rings is 1. The van der Waals surface area contributed by atoms with Crippen molar-refractivity contribution in [2.45, 2.75) is 19.8 Å². The first-order valence-electron chi connectivity index (χ1n) is 10.8. The maximum Gasteiger partial charge on any atom is 0.293 e. The molecule has 0 saturated carbocycles. The number of hydrogen-bond donors (Lipinski definition) is 2. The zero-order valence-electron chi connectivity index (χ0n) is 19.2. The number of nitrogens with two attached hydrogens (primary N) is 1. The van der Waals surface area contributed by atoms with Gasteiger partial charge in [0, 0.05) is 13.6 Å². The van der Waals surface area contributed by atoms with Crippen molar-refractivity contribution < 1.29 is 16.7 Å². The smallest absolute Gasteiger partial charge is 0.293 e. The van der Waals surface area contributed by atoms with Crippen LogP contribution in [-0.4, -0.2) is 42.4 Å². The molecule has 4 heterocycles. The van der Waals surface area contributed by atoms with E-state index in [0.29, 0.717) is 22.6 Å². The number of amides is 1. The predicted octanol–water partition coefficient (Wildman–Crippen LogP) is 2.99. The number of ether oxygens (including phenoxy) is 1. The van der Waals surface area contributed by atoms with E-state index in [2.05, 4.69) is 25.5 Å². The summed E-state index contributed by atoms with van der Waals surface area (Å²) in [6.45, 7) is 0.491. The lowest BCUT2D eigenvalue weighted by atomic mass is 10.3. The van der Waals surface area contributed by atoms with Crippen LogP contribution in [0.2, 0.25) is 0 Å². The molecule has 11 nitrogen and oxygen atoms in total. The van der Waals surface area contributed by atoms with Gasteiger partial charge in [-0.1, -0.05) is 6.92 Å².